The number of thiophene rings is 1. The Hall–Kier alpha value is -0.550. The zero-order valence-electron chi connectivity index (χ0n) is 12.1. The quantitative estimate of drug-likeness (QED) is 0.809. The third kappa shape index (κ3) is 6.43. The maximum atomic E-state index is 12.0. The van der Waals surface area contributed by atoms with Crippen LogP contribution < -0.4 is 5.32 Å². The molecule has 0 bridgehead atoms. The summed E-state index contributed by atoms with van der Waals surface area (Å²) in [4.78, 5) is 14.9. The van der Waals surface area contributed by atoms with Crippen LogP contribution in [0.2, 0.25) is 0 Å². The van der Waals surface area contributed by atoms with Gasteiger partial charge in [0.25, 0.3) is 0 Å². The molecule has 1 atom stereocenters. The molecule has 3 nitrogen and oxygen atoms in total. The number of nitrogens with one attached hydrogen (secondary N) is 1. The number of rotatable bonds is 6. The van der Waals surface area contributed by atoms with Gasteiger partial charge in [-0.1, -0.05) is 13.8 Å². The van der Waals surface area contributed by atoms with Crippen molar-refractivity contribution in [2.45, 2.75) is 46.2 Å². The van der Waals surface area contributed by atoms with Crippen LogP contribution in [0.3, 0.4) is 0 Å². The normalized spacial score (nSPS) is 12.5. The van der Waals surface area contributed by atoms with Crippen molar-refractivity contribution in [2.75, 3.05) is 7.05 Å². The van der Waals surface area contributed by atoms with Gasteiger partial charge in [-0.25, -0.2) is 4.79 Å². The molecule has 0 saturated heterocycles. The van der Waals surface area contributed by atoms with Crippen molar-refractivity contribution in [2.24, 2.45) is 5.92 Å². The molecule has 19 heavy (non-hydrogen) atoms. The standard InChI is InChI=1S/C14H23BrN2OS/c1-10(2)5-6-11(3)16-14(18)17(4)9-12-7-8-13(15)19-12/h7-8,10-11H,5-6,9H2,1-4H3,(H,16,18). The largest absolute Gasteiger partial charge is 0.336 e. The summed E-state index contributed by atoms with van der Waals surface area (Å²) in [7, 11) is 1.83. The average molecular weight is 347 g/mol. The van der Waals surface area contributed by atoms with E-state index < -0.39 is 0 Å². The molecule has 108 valence electrons. The first-order valence-corrected chi connectivity index (χ1v) is 8.25. The van der Waals surface area contributed by atoms with E-state index in [-0.39, 0.29) is 12.1 Å². The molecule has 1 unspecified atom stereocenters. The van der Waals surface area contributed by atoms with Crippen molar-refractivity contribution in [1.29, 1.82) is 0 Å². The third-order valence-electron chi connectivity index (χ3n) is 2.92. The molecule has 2 amide bonds. The highest BCUT2D eigenvalue weighted by Crippen LogP contribution is 2.22. The lowest BCUT2D eigenvalue weighted by molar-refractivity contribution is 0.202. The van der Waals surface area contributed by atoms with Crippen LogP contribution in [0.1, 0.15) is 38.5 Å². The number of amides is 2. The number of hydrogen-bond donors (Lipinski definition) is 1. The maximum Gasteiger partial charge on any atom is 0.317 e. The number of urea groups is 1. The van der Waals surface area contributed by atoms with E-state index in [4.69, 9.17) is 0 Å². The summed E-state index contributed by atoms with van der Waals surface area (Å²) >= 11 is 5.09. The van der Waals surface area contributed by atoms with Gasteiger partial charge in [0.15, 0.2) is 0 Å². The lowest BCUT2D eigenvalue weighted by Crippen LogP contribution is -2.41. The highest BCUT2D eigenvalue weighted by Gasteiger charge is 2.13. The minimum Gasteiger partial charge on any atom is -0.336 e. The zero-order valence-corrected chi connectivity index (χ0v) is 14.5. The zero-order chi connectivity index (χ0) is 14.4. The lowest BCUT2D eigenvalue weighted by Gasteiger charge is -2.21. The van der Waals surface area contributed by atoms with Crippen LogP contribution in [-0.4, -0.2) is 24.0 Å². The molecule has 1 N–H and O–H groups in total. The molecule has 1 aromatic rings. The van der Waals surface area contributed by atoms with Gasteiger partial charge in [0.05, 0.1) is 10.3 Å². The topological polar surface area (TPSA) is 32.3 Å². The predicted octanol–water partition coefficient (Wildman–Crippen LogP) is 4.48. The minimum absolute atomic E-state index is 0.000721. The monoisotopic (exact) mass is 346 g/mol. The fraction of sp³-hybridized carbons (Fsp3) is 0.643. The SMILES string of the molecule is CC(C)CCC(C)NC(=O)N(C)Cc1ccc(Br)s1. The van der Waals surface area contributed by atoms with E-state index in [0.717, 1.165) is 16.6 Å². The van der Waals surface area contributed by atoms with E-state index in [1.807, 2.05) is 19.2 Å². The van der Waals surface area contributed by atoms with Gasteiger partial charge in [-0.05, 0) is 53.7 Å². The summed E-state index contributed by atoms with van der Waals surface area (Å²) in [5.74, 6) is 0.681. The van der Waals surface area contributed by atoms with E-state index >= 15 is 0 Å². The molecular weight excluding hydrogens is 324 g/mol. The second-order valence-corrected chi connectivity index (χ2v) is 7.93. The lowest BCUT2D eigenvalue weighted by atomic mass is 10.0. The molecule has 1 rings (SSSR count). The van der Waals surface area contributed by atoms with Crippen molar-refractivity contribution in [3.63, 3.8) is 0 Å². The number of nitrogens with zero attached hydrogens (tertiary/aromatic N) is 1. The summed E-state index contributed by atoms with van der Waals surface area (Å²) in [6.07, 6.45) is 2.17. The molecule has 0 aliphatic carbocycles. The Morgan fingerprint density at radius 3 is 2.58 bits per heavy atom. The van der Waals surface area contributed by atoms with E-state index in [0.29, 0.717) is 12.5 Å². The smallest absolute Gasteiger partial charge is 0.317 e. The van der Waals surface area contributed by atoms with E-state index in [9.17, 15) is 4.79 Å². The molecule has 0 radical (unpaired) electrons. The number of carbonyl (C=O) groups is 1. The summed E-state index contributed by atoms with van der Waals surface area (Å²) in [6, 6.07) is 4.28. The first-order chi connectivity index (χ1) is 8.88. The van der Waals surface area contributed by atoms with Crippen LogP contribution >= 0.6 is 27.3 Å². The first-order valence-electron chi connectivity index (χ1n) is 6.64. The molecule has 0 saturated carbocycles. The Balaban J connectivity index is 2.35. The highest BCUT2D eigenvalue weighted by molar-refractivity contribution is 9.11. The van der Waals surface area contributed by atoms with E-state index in [2.05, 4.69) is 42.0 Å². The third-order valence-corrected chi connectivity index (χ3v) is 4.52. The second-order valence-electron chi connectivity index (χ2n) is 5.38. The summed E-state index contributed by atoms with van der Waals surface area (Å²) in [5.41, 5.74) is 0. The summed E-state index contributed by atoms with van der Waals surface area (Å²) in [5, 5.41) is 3.04. The van der Waals surface area contributed by atoms with E-state index in [1.54, 1.807) is 16.2 Å². The molecule has 1 heterocycles. The van der Waals surface area contributed by atoms with Crippen molar-refractivity contribution in [3.05, 3.63) is 20.8 Å². The van der Waals surface area contributed by atoms with Gasteiger partial charge in [-0.2, -0.15) is 0 Å². The van der Waals surface area contributed by atoms with Gasteiger partial charge in [-0.3, -0.25) is 0 Å². The number of halogens is 1. The Morgan fingerprint density at radius 2 is 2.05 bits per heavy atom. The molecule has 0 aromatic carbocycles. The van der Waals surface area contributed by atoms with Gasteiger partial charge in [0.1, 0.15) is 0 Å². The van der Waals surface area contributed by atoms with Crippen molar-refractivity contribution in [1.82, 2.24) is 10.2 Å². The average Bonchev–Trinajstić information content (AvgIpc) is 2.72. The fourth-order valence-corrected chi connectivity index (χ4v) is 3.26. The van der Waals surface area contributed by atoms with Crippen LogP contribution in [0, 0.1) is 5.92 Å². The van der Waals surface area contributed by atoms with Crippen molar-refractivity contribution in [3.8, 4) is 0 Å². The Morgan fingerprint density at radius 1 is 1.37 bits per heavy atom. The number of carbonyl (C=O) groups excluding carboxylic acids is 1. The molecule has 5 heteroatoms. The highest BCUT2D eigenvalue weighted by atomic mass is 79.9. The molecular formula is C14H23BrN2OS. The second kappa shape index (κ2) is 7.90. The maximum absolute atomic E-state index is 12.0. The van der Waals surface area contributed by atoms with Gasteiger partial charge < -0.3 is 10.2 Å². The van der Waals surface area contributed by atoms with Crippen LogP contribution in [-0.2, 0) is 6.54 Å². The van der Waals surface area contributed by atoms with Gasteiger partial charge >= 0.3 is 6.03 Å². The molecule has 0 aliphatic rings. The Bertz CT molecular complexity index is 406. The van der Waals surface area contributed by atoms with Gasteiger partial charge in [0, 0.05) is 18.0 Å². The molecule has 0 fully saturated rings. The van der Waals surface area contributed by atoms with Crippen LogP contribution in [0.25, 0.3) is 0 Å². The summed E-state index contributed by atoms with van der Waals surface area (Å²) in [6.45, 7) is 7.12. The van der Waals surface area contributed by atoms with Gasteiger partial charge in [-0.15, -0.1) is 11.3 Å². The summed E-state index contributed by atoms with van der Waals surface area (Å²) < 4.78 is 1.10. The Kier molecular flexibility index (Phi) is 6.86. The molecule has 0 spiro atoms. The number of hydrogen-bond acceptors (Lipinski definition) is 2. The Labute approximate surface area is 128 Å². The van der Waals surface area contributed by atoms with Crippen LogP contribution in [0.15, 0.2) is 15.9 Å². The molecule has 1 aromatic heterocycles. The minimum atomic E-state index is 0.000721. The van der Waals surface area contributed by atoms with Crippen molar-refractivity contribution >= 4 is 33.3 Å². The first kappa shape index (κ1) is 16.5. The van der Waals surface area contributed by atoms with Gasteiger partial charge in [0.2, 0.25) is 0 Å². The van der Waals surface area contributed by atoms with Crippen LogP contribution in [0.5, 0.6) is 0 Å². The molecule has 0 aliphatic heterocycles. The van der Waals surface area contributed by atoms with Crippen molar-refractivity contribution < 1.29 is 4.79 Å². The van der Waals surface area contributed by atoms with E-state index in [1.165, 1.54) is 4.88 Å². The fourth-order valence-electron chi connectivity index (χ4n) is 1.72. The van der Waals surface area contributed by atoms with Crippen LogP contribution in [0.4, 0.5) is 4.79 Å². The predicted molar refractivity (Wildman–Crippen MR) is 85.6 cm³/mol.